The molecule has 3 aromatic carbocycles. The number of para-hydroxylation sites is 1. The minimum atomic E-state index is 0.324. The summed E-state index contributed by atoms with van der Waals surface area (Å²) >= 11 is 0. The average Bonchev–Trinajstić information content (AvgIpc) is 2.72. The van der Waals surface area contributed by atoms with E-state index in [1.165, 1.54) is 34.7 Å². The molecule has 0 saturated carbocycles. The molecule has 1 saturated heterocycles. The SMILES string of the molecule is COc1ccccc1CNC1CCCNC1c1cccc2ccccc12. The van der Waals surface area contributed by atoms with Gasteiger partial charge in [0.05, 0.1) is 7.11 Å². The highest BCUT2D eigenvalue weighted by Crippen LogP contribution is 2.30. The molecule has 0 radical (unpaired) electrons. The number of fused-ring (bicyclic) bond motifs is 1. The maximum Gasteiger partial charge on any atom is 0.123 e. The molecule has 2 N–H and O–H groups in total. The molecule has 134 valence electrons. The van der Waals surface area contributed by atoms with Crippen molar-refractivity contribution in [3.05, 3.63) is 77.9 Å². The van der Waals surface area contributed by atoms with E-state index in [2.05, 4.69) is 65.2 Å². The van der Waals surface area contributed by atoms with Crippen LogP contribution in [0, 0.1) is 0 Å². The second kappa shape index (κ2) is 7.90. The van der Waals surface area contributed by atoms with Gasteiger partial charge in [0.15, 0.2) is 0 Å². The molecule has 0 aromatic heterocycles. The molecule has 2 atom stereocenters. The minimum Gasteiger partial charge on any atom is -0.496 e. The zero-order chi connectivity index (χ0) is 17.8. The summed E-state index contributed by atoms with van der Waals surface area (Å²) in [5, 5.41) is 10.2. The summed E-state index contributed by atoms with van der Waals surface area (Å²) in [6.07, 6.45) is 2.38. The van der Waals surface area contributed by atoms with E-state index < -0.39 is 0 Å². The lowest BCUT2D eigenvalue weighted by atomic mass is 9.89. The summed E-state index contributed by atoms with van der Waals surface area (Å²) in [6, 6.07) is 24.3. The molecule has 4 rings (SSSR count). The molecule has 0 spiro atoms. The highest BCUT2D eigenvalue weighted by atomic mass is 16.5. The van der Waals surface area contributed by atoms with E-state index in [9.17, 15) is 0 Å². The molecule has 1 heterocycles. The molecule has 3 aromatic rings. The van der Waals surface area contributed by atoms with Gasteiger partial charge in [-0.2, -0.15) is 0 Å². The Hall–Kier alpha value is -2.36. The van der Waals surface area contributed by atoms with Gasteiger partial charge >= 0.3 is 0 Å². The first-order valence-electron chi connectivity index (χ1n) is 9.43. The van der Waals surface area contributed by atoms with Gasteiger partial charge in [0.25, 0.3) is 0 Å². The van der Waals surface area contributed by atoms with Crippen LogP contribution in [0.3, 0.4) is 0 Å². The lowest BCUT2D eigenvalue weighted by molar-refractivity contribution is 0.304. The van der Waals surface area contributed by atoms with Crippen LogP contribution in [0.5, 0.6) is 5.75 Å². The zero-order valence-corrected chi connectivity index (χ0v) is 15.2. The molecule has 0 amide bonds. The molecule has 0 bridgehead atoms. The monoisotopic (exact) mass is 346 g/mol. The topological polar surface area (TPSA) is 33.3 Å². The highest BCUT2D eigenvalue weighted by molar-refractivity contribution is 5.86. The van der Waals surface area contributed by atoms with Gasteiger partial charge in [0, 0.05) is 24.2 Å². The van der Waals surface area contributed by atoms with E-state index in [1.54, 1.807) is 7.11 Å². The number of hydrogen-bond donors (Lipinski definition) is 2. The van der Waals surface area contributed by atoms with Crippen LogP contribution < -0.4 is 15.4 Å². The van der Waals surface area contributed by atoms with Gasteiger partial charge in [-0.05, 0) is 41.8 Å². The Morgan fingerprint density at radius 2 is 1.81 bits per heavy atom. The van der Waals surface area contributed by atoms with Crippen LogP contribution in [0.4, 0.5) is 0 Å². The maximum absolute atomic E-state index is 5.50. The van der Waals surface area contributed by atoms with Crippen LogP contribution in [0.1, 0.15) is 30.0 Å². The number of nitrogens with one attached hydrogen (secondary N) is 2. The third-order valence-electron chi connectivity index (χ3n) is 5.36. The predicted molar refractivity (Wildman–Crippen MR) is 108 cm³/mol. The molecular weight excluding hydrogens is 320 g/mol. The van der Waals surface area contributed by atoms with Gasteiger partial charge < -0.3 is 15.4 Å². The summed E-state index contributed by atoms with van der Waals surface area (Å²) in [4.78, 5) is 0. The Labute approximate surface area is 155 Å². The van der Waals surface area contributed by atoms with Crippen molar-refractivity contribution in [1.29, 1.82) is 0 Å². The lowest BCUT2D eigenvalue weighted by Crippen LogP contribution is -2.45. The first-order valence-corrected chi connectivity index (χ1v) is 9.43. The van der Waals surface area contributed by atoms with Crippen molar-refractivity contribution in [3.8, 4) is 5.75 Å². The molecule has 0 aliphatic carbocycles. The Morgan fingerprint density at radius 1 is 1.00 bits per heavy atom. The van der Waals surface area contributed by atoms with E-state index in [0.717, 1.165) is 18.8 Å². The number of methoxy groups -OCH3 is 1. The number of benzene rings is 3. The first-order chi connectivity index (χ1) is 12.9. The van der Waals surface area contributed by atoms with Gasteiger partial charge in [0.1, 0.15) is 5.75 Å². The summed E-state index contributed by atoms with van der Waals surface area (Å²) in [5.74, 6) is 0.950. The summed E-state index contributed by atoms with van der Waals surface area (Å²) < 4.78 is 5.50. The van der Waals surface area contributed by atoms with Crippen LogP contribution in [0.15, 0.2) is 66.7 Å². The number of piperidine rings is 1. The van der Waals surface area contributed by atoms with Crippen LogP contribution in [0.25, 0.3) is 10.8 Å². The number of rotatable bonds is 5. The smallest absolute Gasteiger partial charge is 0.123 e. The van der Waals surface area contributed by atoms with Crippen LogP contribution in [-0.4, -0.2) is 19.7 Å². The van der Waals surface area contributed by atoms with Crippen molar-refractivity contribution in [2.24, 2.45) is 0 Å². The second-order valence-electron chi connectivity index (χ2n) is 6.94. The van der Waals surface area contributed by atoms with Crippen molar-refractivity contribution < 1.29 is 4.74 Å². The van der Waals surface area contributed by atoms with E-state index in [0.29, 0.717) is 12.1 Å². The van der Waals surface area contributed by atoms with Crippen molar-refractivity contribution in [2.45, 2.75) is 31.5 Å². The summed E-state index contributed by atoms with van der Waals surface area (Å²) in [7, 11) is 1.74. The number of ether oxygens (including phenoxy) is 1. The van der Waals surface area contributed by atoms with Crippen molar-refractivity contribution >= 4 is 10.8 Å². The minimum absolute atomic E-state index is 0.324. The summed E-state index contributed by atoms with van der Waals surface area (Å²) in [6.45, 7) is 1.89. The van der Waals surface area contributed by atoms with E-state index in [4.69, 9.17) is 4.74 Å². The van der Waals surface area contributed by atoms with E-state index in [-0.39, 0.29) is 0 Å². The van der Waals surface area contributed by atoms with Crippen LogP contribution in [-0.2, 0) is 6.54 Å². The number of hydrogen-bond acceptors (Lipinski definition) is 3. The van der Waals surface area contributed by atoms with Gasteiger partial charge in [-0.25, -0.2) is 0 Å². The Balaban J connectivity index is 1.58. The third kappa shape index (κ3) is 3.46. The first kappa shape index (κ1) is 17.1. The Morgan fingerprint density at radius 3 is 2.73 bits per heavy atom. The van der Waals surface area contributed by atoms with E-state index in [1.807, 2.05) is 12.1 Å². The van der Waals surface area contributed by atoms with Crippen LogP contribution >= 0.6 is 0 Å². The molecule has 26 heavy (non-hydrogen) atoms. The quantitative estimate of drug-likeness (QED) is 0.717. The Kier molecular flexibility index (Phi) is 5.19. The second-order valence-corrected chi connectivity index (χ2v) is 6.94. The summed E-state index contributed by atoms with van der Waals surface area (Å²) in [5.41, 5.74) is 2.59. The van der Waals surface area contributed by atoms with Crippen LogP contribution in [0.2, 0.25) is 0 Å². The van der Waals surface area contributed by atoms with Gasteiger partial charge in [-0.15, -0.1) is 0 Å². The standard InChI is InChI=1S/C23H26N2O/c1-26-22-14-5-3-9-18(22)16-25-21-13-7-15-24-23(21)20-12-6-10-17-8-2-4-11-19(17)20/h2-6,8-12,14,21,23-25H,7,13,15-16H2,1H3. The van der Waals surface area contributed by atoms with Crippen molar-refractivity contribution in [1.82, 2.24) is 10.6 Å². The molecule has 1 aliphatic rings. The predicted octanol–water partition coefficient (Wildman–Crippen LogP) is 4.43. The zero-order valence-electron chi connectivity index (χ0n) is 15.2. The fourth-order valence-electron chi connectivity index (χ4n) is 4.05. The van der Waals surface area contributed by atoms with Gasteiger partial charge in [0.2, 0.25) is 0 Å². The van der Waals surface area contributed by atoms with Gasteiger partial charge in [-0.3, -0.25) is 0 Å². The van der Waals surface area contributed by atoms with E-state index >= 15 is 0 Å². The van der Waals surface area contributed by atoms with Crippen molar-refractivity contribution in [3.63, 3.8) is 0 Å². The third-order valence-corrected chi connectivity index (χ3v) is 5.36. The molecule has 3 heteroatoms. The molecule has 1 aliphatic heterocycles. The normalized spacial score (nSPS) is 20.2. The fourth-order valence-corrected chi connectivity index (χ4v) is 4.05. The largest absolute Gasteiger partial charge is 0.496 e. The Bertz CT molecular complexity index is 871. The maximum atomic E-state index is 5.50. The fraction of sp³-hybridized carbons (Fsp3) is 0.304. The van der Waals surface area contributed by atoms with Gasteiger partial charge in [-0.1, -0.05) is 60.7 Å². The molecular formula is C23H26N2O. The molecule has 2 unspecified atom stereocenters. The molecule has 1 fully saturated rings. The lowest BCUT2D eigenvalue weighted by Gasteiger charge is -2.34. The highest BCUT2D eigenvalue weighted by Gasteiger charge is 2.27. The van der Waals surface area contributed by atoms with Crippen molar-refractivity contribution in [2.75, 3.05) is 13.7 Å². The average molecular weight is 346 g/mol. The molecule has 3 nitrogen and oxygen atoms in total.